The Kier molecular flexibility index (Phi) is 8.11. The molecule has 0 saturated carbocycles. The Balaban J connectivity index is 2.42. The Bertz CT molecular complexity index is 1330. The molecule has 33 heavy (non-hydrogen) atoms. The summed E-state index contributed by atoms with van der Waals surface area (Å²) in [5, 5.41) is 2.53. The van der Waals surface area contributed by atoms with Crippen molar-refractivity contribution in [3.8, 4) is 0 Å². The molecule has 2 aromatic rings. The quantitative estimate of drug-likeness (QED) is 0.211. The minimum atomic E-state index is -4.71. The minimum absolute atomic E-state index is 0.0397. The molecule has 0 bridgehead atoms. The van der Waals surface area contributed by atoms with Crippen LogP contribution in [-0.2, 0) is 39.3 Å². The van der Waals surface area contributed by atoms with E-state index in [-0.39, 0.29) is 21.8 Å². The van der Waals surface area contributed by atoms with Gasteiger partial charge in [0.1, 0.15) is 10.6 Å². The van der Waals surface area contributed by atoms with Crippen LogP contribution in [0.25, 0.3) is 12.2 Å². The van der Waals surface area contributed by atoms with Gasteiger partial charge in [0.15, 0.2) is 0 Å². The van der Waals surface area contributed by atoms with Crippen LogP contribution in [0.1, 0.15) is 11.1 Å². The average molecular weight is 498 g/mol. The predicted molar refractivity (Wildman–Crippen MR) is 117 cm³/mol. The molecule has 13 heteroatoms. The van der Waals surface area contributed by atoms with Crippen LogP contribution in [0.2, 0.25) is 0 Å². The third-order valence-electron chi connectivity index (χ3n) is 4.07. The number of ether oxygens (including phenoxy) is 2. The van der Waals surface area contributed by atoms with E-state index in [4.69, 9.17) is 4.55 Å². The first-order valence-electron chi connectivity index (χ1n) is 8.87. The number of benzene rings is 2. The highest BCUT2D eigenvalue weighted by Crippen LogP contribution is 2.24. The van der Waals surface area contributed by atoms with Crippen LogP contribution >= 0.6 is 0 Å². The number of nitrogens with one attached hydrogen (secondary N) is 1. The number of hydrogen-bond acceptors (Lipinski definition) is 9. The monoisotopic (exact) mass is 497 g/mol. The van der Waals surface area contributed by atoms with Crippen molar-refractivity contribution in [3.63, 3.8) is 0 Å². The van der Waals surface area contributed by atoms with Crippen LogP contribution in [0.4, 0.5) is 5.69 Å². The molecule has 176 valence electrons. The summed E-state index contributed by atoms with van der Waals surface area (Å²) >= 11 is 0. The van der Waals surface area contributed by atoms with Gasteiger partial charge in [0.25, 0.3) is 20.2 Å². The van der Waals surface area contributed by atoms with Crippen molar-refractivity contribution >= 4 is 50.0 Å². The zero-order valence-electron chi connectivity index (χ0n) is 17.3. The molecule has 0 atom stereocenters. The molecule has 0 aromatic heterocycles. The summed E-state index contributed by atoms with van der Waals surface area (Å²) < 4.78 is 73.6. The highest BCUT2D eigenvalue weighted by Gasteiger charge is 2.18. The topological polar surface area (TPSA) is 173 Å². The van der Waals surface area contributed by atoms with E-state index in [1.54, 1.807) is 0 Å². The predicted octanol–water partition coefficient (Wildman–Crippen LogP) is 1.99. The second-order valence-corrected chi connectivity index (χ2v) is 9.11. The van der Waals surface area contributed by atoms with Gasteiger partial charge < -0.3 is 14.8 Å². The van der Waals surface area contributed by atoms with E-state index < -0.39 is 37.1 Å². The van der Waals surface area contributed by atoms with Crippen molar-refractivity contribution in [2.24, 2.45) is 0 Å². The van der Waals surface area contributed by atoms with E-state index in [9.17, 15) is 31.0 Å². The summed E-state index contributed by atoms with van der Waals surface area (Å²) in [5.74, 6) is -1.79. The summed E-state index contributed by atoms with van der Waals surface area (Å²) in [7, 11) is -6.88. The molecule has 0 amide bonds. The van der Waals surface area contributed by atoms with Crippen molar-refractivity contribution in [2.75, 3.05) is 19.5 Å². The van der Waals surface area contributed by atoms with Crippen molar-refractivity contribution in [1.29, 1.82) is 0 Å². The standard InChI is InChI=1S/C20H19NO10S2/c1-30-19(22)12-17(20(23)31-2)21-15-8-7-14(18(11-15)33(27,28)29)6-3-13-4-9-16(10-5-13)32(24,25)26/h3-12,21H,1-2H3,(H,24,25,26)(H,27,28,29)/b6-3?,17-12+. The molecule has 11 nitrogen and oxygen atoms in total. The highest BCUT2D eigenvalue weighted by molar-refractivity contribution is 7.86. The summed E-state index contributed by atoms with van der Waals surface area (Å²) in [6.07, 6.45) is 3.60. The zero-order valence-corrected chi connectivity index (χ0v) is 18.9. The van der Waals surface area contributed by atoms with Crippen LogP contribution in [-0.4, -0.2) is 52.1 Å². The molecule has 0 heterocycles. The lowest BCUT2D eigenvalue weighted by Gasteiger charge is -2.11. The number of methoxy groups -OCH3 is 2. The molecular formula is C20H19NO10S2. The highest BCUT2D eigenvalue weighted by atomic mass is 32.2. The van der Waals surface area contributed by atoms with E-state index in [1.807, 2.05) is 0 Å². The number of hydrogen-bond donors (Lipinski definition) is 3. The average Bonchev–Trinajstić information content (AvgIpc) is 2.76. The molecule has 0 saturated heterocycles. The van der Waals surface area contributed by atoms with Gasteiger partial charge in [0.05, 0.1) is 25.2 Å². The van der Waals surface area contributed by atoms with Gasteiger partial charge in [0, 0.05) is 5.69 Å². The summed E-state index contributed by atoms with van der Waals surface area (Å²) in [6.45, 7) is 0. The molecular weight excluding hydrogens is 478 g/mol. The van der Waals surface area contributed by atoms with Gasteiger partial charge in [-0.25, -0.2) is 9.59 Å². The molecule has 0 aliphatic heterocycles. The van der Waals surface area contributed by atoms with Crippen LogP contribution in [0.5, 0.6) is 0 Å². The number of esters is 2. The lowest BCUT2D eigenvalue weighted by molar-refractivity contribution is -0.138. The van der Waals surface area contributed by atoms with Gasteiger partial charge in [-0.3, -0.25) is 9.11 Å². The lowest BCUT2D eigenvalue weighted by atomic mass is 10.1. The maximum atomic E-state index is 11.9. The molecule has 3 N–H and O–H groups in total. The Morgan fingerprint density at radius 2 is 1.52 bits per heavy atom. The number of carbonyl (C=O) groups excluding carboxylic acids is 2. The van der Waals surface area contributed by atoms with Crippen LogP contribution in [0, 0.1) is 0 Å². The molecule has 0 aliphatic carbocycles. The summed E-state index contributed by atoms with van der Waals surface area (Å²) in [5.41, 5.74) is 0.240. The number of carbonyl (C=O) groups is 2. The fraction of sp³-hybridized carbons (Fsp3) is 0.100. The Morgan fingerprint density at radius 3 is 2.03 bits per heavy atom. The van der Waals surface area contributed by atoms with Crippen molar-refractivity contribution in [2.45, 2.75) is 9.79 Å². The summed E-state index contributed by atoms with van der Waals surface area (Å²) in [6, 6.07) is 8.81. The largest absolute Gasteiger partial charge is 0.466 e. The van der Waals surface area contributed by atoms with E-state index in [0.717, 1.165) is 38.5 Å². The van der Waals surface area contributed by atoms with Gasteiger partial charge in [-0.2, -0.15) is 16.8 Å². The van der Waals surface area contributed by atoms with Gasteiger partial charge in [-0.05, 0) is 35.4 Å². The Hall–Kier alpha value is -3.52. The fourth-order valence-corrected chi connectivity index (χ4v) is 3.69. The second kappa shape index (κ2) is 10.4. The molecule has 2 rings (SSSR count). The van der Waals surface area contributed by atoms with Gasteiger partial charge >= 0.3 is 11.9 Å². The van der Waals surface area contributed by atoms with E-state index >= 15 is 0 Å². The number of anilines is 1. The van der Waals surface area contributed by atoms with Crippen molar-refractivity contribution in [1.82, 2.24) is 0 Å². The normalized spacial score (nSPS) is 12.4. The minimum Gasteiger partial charge on any atom is -0.466 e. The first kappa shape index (κ1) is 25.7. The van der Waals surface area contributed by atoms with E-state index in [1.165, 1.54) is 36.4 Å². The Labute approximate surface area is 189 Å². The SMILES string of the molecule is COC(=O)/C=C(/Nc1ccc(C=Cc2ccc(S(=O)(=O)O)cc2)c(S(=O)(=O)O)c1)C(=O)OC. The molecule has 2 aromatic carbocycles. The second-order valence-electron chi connectivity index (χ2n) is 6.30. The maximum absolute atomic E-state index is 11.9. The third kappa shape index (κ3) is 7.25. The first-order valence-corrected chi connectivity index (χ1v) is 11.8. The Morgan fingerprint density at radius 1 is 0.879 bits per heavy atom. The van der Waals surface area contributed by atoms with E-state index in [2.05, 4.69) is 14.8 Å². The van der Waals surface area contributed by atoms with Crippen molar-refractivity contribution in [3.05, 3.63) is 65.4 Å². The van der Waals surface area contributed by atoms with Crippen LogP contribution < -0.4 is 5.32 Å². The first-order chi connectivity index (χ1) is 15.3. The van der Waals surface area contributed by atoms with Crippen molar-refractivity contribution < 1.29 is 45.0 Å². The molecule has 0 unspecified atom stereocenters. The molecule has 0 fully saturated rings. The fourth-order valence-electron chi connectivity index (χ4n) is 2.50. The van der Waals surface area contributed by atoms with Crippen LogP contribution in [0.3, 0.4) is 0 Å². The lowest BCUT2D eigenvalue weighted by Crippen LogP contribution is -2.15. The van der Waals surface area contributed by atoms with Crippen LogP contribution in [0.15, 0.2) is 64.0 Å². The van der Waals surface area contributed by atoms with Gasteiger partial charge in [-0.15, -0.1) is 0 Å². The third-order valence-corrected chi connectivity index (χ3v) is 5.85. The maximum Gasteiger partial charge on any atom is 0.354 e. The van der Waals surface area contributed by atoms with E-state index in [0.29, 0.717) is 5.56 Å². The molecule has 0 spiro atoms. The smallest absolute Gasteiger partial charge is 0.354 e. The molecule has 0 radical (unpaired) electrons. The summed E-state index contributed by atoms with van der Waals surface area (Å²) in [4.78, 5) is 22.5. The molecule has 0 aliphatic rings. The van der Waals surface area contributed by atoms with Gasteiger partial charge in [-0.1, -0.05) is 30.4 Å². The zero-order chi connectivity index (χ0) is 24.8. The number of rotatable bonds is 8. The van der Waals surface area contributed by atoms with Gasteiger partial charge in [0.2, 0.25) is 0 Å².